The van der Waals surface area contributed by atoms with Gasteiger partial charge < -0.3 is 10.1 Å². The maximum absolute atomic E-state index is 10.6. The van der Waals surface area contributed by atoms with Gasteiger partial charge in [-0.25, -0.2) is 0 Å². The van der Waals surface area contributed by atoms with Gasteiger partial charge in [0.2, 0.25) is 5.91 Å². The average Bonchev–Trinajstić information content (AvgIpc) is 2.24. The first-order chi connectivity index (χ1) is 7.22. The van der Waals surface area contributed by atoms with E-state index in [1.165, 1.54) is 6.92 Å². The minimum absolute atomic E-state index is 0.131. The molecule has 1 N–H and O–H groups in total. The molecule has 1 aromatic rings. The number of nitrogens with one attached hydrogen (secondary N) is 1. The average molecular weight is 206 g/mol. The van der Waals surface area contributed by atoms with Crippen molar-refractivity contribution in [3.05, 3.63) is 24.3 Å². The molecule has 0 bridgehead atoms. The lowest BCUT2D eigenvalue weighted by molar-refractivity contribution is -0.114. The minimum atomic E-state index is -0.131. The Bertz CT molecular complexity index is 339. The first-order valence-electron chi connectivity index (χ1n) is 4.66. The van der Waals surface area contributed by atoms with Crippen molar-refractivity contribution in [3.8, 4) is 12.0 Å². The molecule has 4 heteroatoms. The van der Waals surface area contributed by atoms with Crippen LogP contribution in [0.15, 0.2) is 24.3 Å². The molecule has 0 unspecified atom stereocenters. The predicted molar refractivity (Wildman–Crippen MR) is 58.3 cm³/mol. The Morgan fingerprint density at radius 2 is 1.87 bits per heavy atom. The van der Waals surface area contributed by atoms with Crippen molar-refractivity contribution >= 4 is 11.6 Å². The zero-order valence-electron chi connectivity index (χ0n) is 9.07. The highest BCUT2D eigenvalue weighted by atomic mass is 16.5. The second-order valence-corrected chi connectivity index (χ2v) is 2.40. The second kappa shape index (κ2) is 7.39. The standard InChI is InChI=1S/C9H8N2O2.C2H6/c1-7(12)11-8-2-4-9(5-3-8)13-6-10;1-2/h2-5H,1H3,(H,11,12);1-2H3. The van der Waals surface area contributed by atoms with E-state index in [1.807, 2.05) is 13.8 Å². The molecule has 0 aliphatic carbocycles. The van der Waals surface area contributed by atoms with Gasteiger partial charge in [0.1, 0.15) is 5.75 Å². The van der Waals surface area contributed by atoms with E-state index in [9.17, 15) is 4.79 Å². The summed E-state index contributed by atoms with van der Waals surface area (Å²) >= 11 is 0. The fourth-order valence-corrected chi connectivity index (χ4v) is 0.862. The van der Waals surface area contributed by atoms with Gasteiger partial charge in [-0.2, -0.15) is 0 Å². The van der Waals surface area contributed by atoms with Crippen molar-refractivity contribution in [1.82, 2.24) is 0 Å². The van der Waals surface area contributed by atoms with Crippen molar-refractivity contribution < 1.29 is 9.53 Å². The monoisotopic (exact) mass is 206 g/mol. The quantitative estimate of drug-likeness (QED) is 0.756. The summed E-state index contributed by atoms with van der Waals surface area (Å²) in [5.74, 6) is 0.325. The van der Waals surface area contributed by atoms with E-state index < -0.39 is 0 Å². The van der Waals surface area contributed by atoms with E-state index in [1.54, 1.807) is 30.5 Å². The van der Waals surface area contributed by atoms with Crippen LogP contribution in [-0.4, -0.2) is 5.91 Å². The van der Waals surface area contributed by atoms with Crippen LogP contribution in [0.5, 0.6) is 5.75 Å². The van der Waals surface area contributed by atoms with Crippen molar-refractivity contribution in [2.24, 2.45) is 0 Å². The number of hydrogen-bond acceptors (Lipinski definition) is 3. The number of benzene rings is 1. The summed E-state index contributed by atoms with van der Waals surface area (Å²) in [6, 6.07) is 6.53. The Balaban J connectivity index is 0.000000921. The number of hydrogen-bond donors (Lipinski definition) is 1. The SMILES string of the molecule is CC.CC(=O)Nc1ccc(OC#N)cc1. The number of nitrogens with zero attached hydrogens (tertiary/aromatic N) is 1. The Kier molecular flexibility index (Phi) is 6.39. The second-order valence-electron chi connectivity index (χ2n) is 2.40. The number of anilines is 1. The first-order valence-corrected chi connectivity index (χ1v) is 4.66. The van der Waals surface area contributed by atoms with Gasteiger partial charge >= 0.3 is 0 Å². The normalized spacial score (nSPS) is 7.87. The smallest absolute Gasteiger partial charge is 0.292 e. The lowest BCUT2D eigenvalue weighted by Crippen LogP contribution is -2.05. The van der Waals surface area contributed by atoms with Crippen molar-refractivity contribution in [3.63, 3.8) is 0 Å². The third-order valence-electron chi connectivity index (χ3n) is 1.34. The highest BCUT2D eigenvalue weighted by Crippen LogP contribution is 2.14. The first kappa shape index (κ1) is 13.0. The molecule has 0 spiro atoms. The van der Waals surface area contributed by atoms with Gasteiger partial charge in [-0.15, -0.1) is 5.26 Å². The third-order valence-corrected chi connectivity index (χ3v) is 1.34. The van der Waals surface area contributed by atoms with Gasteiger partial charge in [-0.3, -0.25) is 4.79 Å². The van der Waals surface area contributed by atoms with Gasteiger partial charge in [-0.1, -0.05) is 13.8 Å². The Morgan fingerprint density at radius 3 is 2.27 bits per heavy atom. The lowest BCUT2D eigenvalue weighted by Gasteiger charge is -2.01. The molecule has 0 aliphatic rings. The fourth-order valence-electron chi connectivity index (χ4n) is 0.862. The van der Waals surface area contributed by atoms with E-state index in [0.717, 1.165) is 0 Å². The zero-order chi connectivity index (χ0) is 11.7. The van der Waals surface area contributed by atoms with Gasteiger partial charge in [0, 0.05) is 12.6 Å². The number of nitriles is 1. The summed E-state index contributed by atoms with van der Waals surface area (Å²) < 4.78 is 4.56. The molecule has 0 aliphatic heterocycles. The number of carbonyl (C=O) groups is 1. The molecule has 1 amide bonds. The van der Waals surface area contributed by atoms with Gasteiger partial charge in [0.25, 0.3) is 6.26 Å². The predicted octanol–water partition coefficient (Wildman–Crippen LogP) is 2.53. The summed E-state index contributed by atoms with van der Waals surface area (Å²) in [5.41, 5.74) is 0.679. The lowest BCUT2D eigenvalue weighted by atomic mass is 10.3. The highest BCUT2D eigenvalue weighted by molar-refractivity contribution is 5.88. The van der Waals surface area contributed by atoms with E-state index in [-0.39, 0.29) is 5.91 Å². The Morgan fingerprint density at radius 1 is 1.33 bits per heavy atom. The highest BCUT2D eigenvalue weighted by Gasteiger charge is 1.95. The van der Waals surface area contributed by atoms with Crippen LogP contribution in [0.4, 0.5) is 5.69 Å². The molecule has 0 saturated heterocycles. The van der Waals surface area contributed by atoms with Crippen LogP contribution in [0.1, 0.15) is 20.8 Å². The fraction of sp³-hybridized carbons (Fsp3) is 0.273. The Hall–Kier alpha value is -2.02. The summed E-state index contributed by atoms with van der Waals surface area (Å²) in [6.07, 6.45) is 1.56. The summed E-state index contributed by atoms with van der Waals surface area (Å²) in [7, 11) is 0. The zero-order valence-corrected chi connectivity index (χ0v) is 9.07. The third kappa shape index (κ3) is 5.32. The number of amides is 1. The number of carbonyl (C=O) groups excluding carboxylic acids is 1. The molecular formula is C11H14N2O2. The molecule has 0 radical (unpaired) electrons. The van der Waals surface area contributed by atoms with Crippen LogP contribution in [0.2, 0.25) is 0 Å². The molecule has 1 aromatic carbocycles. The Labute approximate surface area is 89.5 Å². The molecule has 0 heterocycles. The molecule has 4 nitrogen and oxygen atoms in total. The summed E-state index contributed by atoms with van der Waals surface area (Å²) in [5, 5.41) is 10.8. The molecule has 1 rings (SSSR count). The largest absolute Gasteiger partial charge is 0.388 e. The van der Waals surface area contributed by atoms with Crippen LogP contribution in [-0.2, 0) is 4.79 Å². The van der Waals surface area contributed by atoms with Gasteiger partial charge in [0.15, 0.2) is 0 Å². The number of rotatable bonds is 2. The van der Waals surface area contributed by atoms with Crippen LogP contribution in [0.25, 0.3) is 0 Å². The summed E-state index contributed by atoms with van der Waals surface area (Å²) in [6.45, 7) is 5.43. The van der Waals surface area contributed by atoms with Crippen LogP contribution < -0.4 is 10.1 Å². The van der Waals surface area contributed by atoms with Crippen LogP contribution in [0.3, 0.4) is 0 Å². The molecule has 0 saturated carbocycles. The van der Waals surface area contributed by atoms with E-state index in [0.29, 0.717) is 11.4 Å². The van der Waals surface area contributed by atoms with Crippen molar-refractivity contribution in [2.75, 3.05) is 5.32 Å². The molecule has 80 valence electrons. The molecular weight excluding hydrogens is 192 g/mol. The maximum atomic E-state index is 10.6. The van der Waals surface area contributed by atoms with E-state index in [2.05, 4.69) is 10.1 Å². The molecule has 0 aromatic heterocycles. The topological polar surface area (TPSA) is 62.1 Å². The van der Waals surface area contributed by atoms with Crippen molar-refractivity contribution in [2.45, 2.75) is 20.8 Å². The minimum Gasteiger partial charge on any atom is -0.388 e. The maximum Gasteiger partial charge on any atom is 0.292 e. The molecule has 15 heavy (non-hydrogen) atoms. The summed E-state index contributed by atoms with van der Waals surface area (Å²) in [4.78, 5) is 10.6. The van der Waals surface area contributed by atoms with Crippen LogP contribution in [0, 0.1) is 11.5 Å². The molecule has 0 atom stereocenters. The molecule has 0 fully saturated rings. The number of ether oxygens (including phenoxy) is 1. The van der Waals surface area contributed by atoms with Gasteiger partial charge in [-0.05, 0) is 24.3 Å². The van der Waals surface area contributed by atoms with E-state index >= 15 is 0 Å². The van der Waals surface area contributed by atoms with Crippen molar-refractivity contribution in [1.29, 1.82) is 5.26 Å². The van der Waals surface area contributed by atoms with E-state index in [4.69, 9.17) is 5.26 Å². The van der Waals surface area contributed by atoms with Gasteiger partial charge in [0.05, 0.1) is 0 Å². The van der Waals surface area contributed by atoms with Crippen LogP contribution >= 0.6 is 0 Å².